The van der Waals surface area contributed by atoms with Crippen LogP contribution in [-0.2, 0) is 11.0 Å². The maximum Gasteiger partial charge on any atom is 0.416 e. The molecular formula is C22H22F8N2OS. The van der Waals surface area contributed by atoms with Crippen LogP contribution in [0, 0.1) is 12.8 Å². The molecule has 1 aliphatic carbocycles. The van der Waals surface area contributed by atoms with Crippen LogP contribution in [0.3, 0.4) is 0 Å². The number of hydrogen-bond donors (Lipinski definition) is 0. The summed E-state index contributed by atoms with van der Waals surface area (Å²) in [5, 5.41) is 0. The van der Waals surface area contributed by atoms with E-state index >= 15 is 0 Å². The zero-order chi connectivity index (χ0) is 25.2. The Labute approximate surface area is 191 Å². The second-order valence-corrected chi connectivity index (χ2v) is 11.2. The van der Waals surface area contributed by atoms with Crippen molar-refractivity contribution in [2.24, 2.45) is 5.92 Å². The molecule has 0 aromatic heterocycles. The monoisotopic (exact) mass is 514 g/mol. The lowest BCUT2D eigenvalue weighted by atomic mass is 10.1. The van der Waals surface area contributed by atoms with Gasteiger partial charge < -0.3 is 9.80 Å². The lowest BCUT2D eigenvalue weighted by Crippen LogP contribution is -2.49. The minimum Gasteiger partial charge on any atom is -0.368 e. The summed E-state index contributed by atoms with van der Waals surface area (Å²) in [7, 11) is -9.74. The van der Waals surface area contributed by atoms with Crippen LogP contribution in [0.15, 0.2) is 47.4 Å². The van der Waals surface area contributed by atoms with Crippen LogP contribution in [0.4, 0.5) is 38.3 Å². The Bertz CT molecular complexity index is 1110. The summed E-state index contributed by atoms with van der Waals surface area (Å²) in [5.41, 5.74) is 0.783. The number of aryl methyl sites for hydroxylation is 1. The van der Waals surface area contributed by atoms with Crippen molar-refractivity contribution in [3.8, 4) is 0 Å². The lowest BCUT2D eigenvalue weighted by Gasteiger charge is -2.40. The smallest absolute Gasteiger partial charge is 0.368 e. The Morgan fingerprint density at radius 3 is 2.03 bits per heavy atom. The third-order valence-corrected chi connectivity index (χ3v) is 7.49. The predicted molar refractivity (Wildman–Crippen MR) is 114 cm³/mol. The molecule has 34 heavy (non-hydrogen) atoms. The number of nitrogens with zero attached hydrogens (tertiary/aromatic N) is 2. The van der Waals surface area contributed by atoms with Crippen LogP contribution in [0.25, 0.3) is 0 Å². The first-order chi connectivity index (χ1) is 15.4. The summed E-state index contributed by atoms with van der Waals surface area (Å²) in [5.74, 6) is -0.987. The summed E-state index contributed by atoms with van der Waals surface area (Å²) in [4.78, 5) is 14.2. The predicted octanol–water partition coefficient (Wildman–Crippen LogP) is 7.12. The van der Waals surface area contributed by atoms with Gasteiger partial charge in [-0.05, 0) is 54.7 Å². The molecule has 2 aromatic carbocycles. The molecule has 0 bridgehead atoms. The molecule has 4 rings (SSSR count). The number of anilines is 1. The van der Waals surface area contributed by atoms with Gasteiger partial charge in [-0.2, -0.15) is 13.2 Å². The van der Waals surface area contributed by atoms with Crippen LogP contribution < -0.4 is 4.90 Å². The van der Waals surface area contributed by atoms with Crippen molar-refractivity contribution in [3.05, 3.63) is 59.2 Å². The van der Waals surface area contributed by atoms with Gasteiger partial charge in [0.1, 0.15) is 4.90 Å². The standard InChI is InChI=1S/C22H22F8N2OS/c1-14-2-5-16(22(23,24)25)12-20(14)31-8-10-32(11-9-31)21(33)19-13-18(19)15-3-6-17(7-4-15)34(26,27,28,29)30/h2-7,12,18-19H,8-11,13H2,1H3. The first-order valence-corrected chi connectivity index (χ1v) is 12.4. The van der Waals surface area contributed by atoms with E-state index in [1.807, 2.05) is 0 Å². The first kappa shape index (κ1) is 24.6. The highest BCUT2D eigenvalue weighted by Gasteiger charge is 2.65. The minimum absolute atomic E-state index is 0.192. The molecule has 1 aliphatic heterocycles. The van der Waals surface area contributed by atoms with Gasteiger partial charge in [0, 0.05) is 37.8 Å². The number of amides is 1. The van der Waals surface area contributed by atoms with Crippen LogP contribution in [0.1, 0.15) is 29.0 Å². The van der Waals surface area contributed by atoms with E-state index < -0.39 is 32.8 Å². The molecule has 0 spiro atoms. The van der Waals surface area contributed by atoms with Gasteiger partial charge in [-0.25, -0.2) is 0 Å². The summed E-state index contributed by atoms with van der Waals surface area (Å²) < 4.78 is 104. The molecule has 1 amide bonds. The quantitative estimate of drug-likeness (QED) is 0.406. The maximum absolute atomic E-state index is 13.1. The van der Waals surface area contributed by atoms with Gasteiger partial charge in [0.2, 0.25) is 5.91 Å². The van der Waals surface area contributed by atoms with Crippen molar-refractivity contribution < 1.29 is 37.4 Å². The van der Waals surface area contributed by atoms with Crippen molar-refractivity contribution >= 4 is 21.8 Å². The van der Waals surface area contributed by atoms with E-state index in [0.29, 0.717) is 61.5 Å². The van der Waals surface area contributed by atoms with Gasteiger partial charge in [-0.1, -0.05) is 37.6 Å². The Hall–Kier alpha value is -2.50. The Kier molecular flexibility index (Phi) is 5.25. The molecule has 2 fully saturated rings. The van der Waals surface area contributed by atoms with E-state index in [2.05, 4.69) is 0 Å². The van der Waals surface area contributed by atoms with Crippen LogP contribution in [0.5, 0.6) is 0 Å². The molecule has 0 N–H and O–H groups in total. The Morgan fingerprint density at radius 2 is 1.50 bits per heavy atom. The molecule has 1 saturated carbocycles. The van der Waals surface area contributed by atoms with Crippen molar-refractivity contribution in [3.63, 3.8) is 0 Å². The van der Waals surface area contributed by atoms with E-state index in [1.54, 1.807) is 16.7 Å². The molecular weight excluding hydrogens is 492 g/mol. The SMILES string of the molecule is Cc1ccc(C(F)(F)F)cc1N1CCN(C(=O)C2CC2c2ccc(S(F)(F)(F)(F)F)cc2)CC1. The fourth-order valence-electron chi connectivity index (χ4n) is 4.34. The Balaban J connectivity index is 1.37. The van der Waals surface area contributed by atoms with E-state index in [9.17, 15) is 37.4 Å². The second kappa shape index (κ2) is 7.25. The van der Waals surface area contributed by atoms with Crippen LogP contribution >= 0.6 is 10.2 Å². The second-order valence-electron chi connectivity index (χ2n) is 8.80. The molecule has 1 saturated heterocycles. The fraction of sp³-hybridized carbons (Fsp3) is 0.409. The number of carbonyl (C=O) groups excluding carboxylic acids is 1. The van der Waals surface area contributed by atoms with Gasteiger partial charge in [0.15, 0.2) is 0 Å². The minimum atomic E-state index is -9.74. The van der Waals surface area contributed by atoms with Crippen LogP contribution in [-0.4, -0.2) is 37.0 Å². The zero-order valence-electron chi connectivity index (χ0n) is 18.0. The first-order valence-electron chi connectivity index (χ1n) is 10.5. The number of rotatable bonds is 4. The molecule has 188 valence electrons. The Morgan fingerprint density at radius 1 is 0.912 bits per heavy atom. The van der Waals surface area contributed by atoms with Gasteiger partial charge in [0.25, 0.3) is 0 Å². The van der Waals surface area contributed by atoms with Crippen LogP contribution in [0.2, 0.25) is 0 Å². The number of piperazine rings is 1. The molecule has 1 heterocycles. The van der Waals surface area contributed by atoms with E-state index in [1.165, 1.54) is 6.07 Å². The third-order valence-electron chi connectivity index (χ3n) is 6.33. The summed E-state index contributed by atoms with van der Waals surface area (Å²) >= 11 is 0. The van der Waals surface area contributed by atoms with E-state index in [4.69, 9.17) is 0 Å². The molecule has 2 aromatic rings. The highest BCUT2D eigenvalue weighted by Crippen LogP contribution is 3.02. The highest BCUT2D eigenvalue weighted by atomic mass is 32.5. The van der Waals surface area contributed by atoms with Gasteiger partial charge in [-0.15, -0.1) is 0 Å². The number of hydrogen-bond acceptors (Lipinski definition) is 2. The molecule has 3 nitrogen and oxygen atoms in total. The van der Waals surface area contributed by atoms with Crippen molar-refractivity contribution in [1.29, 1.82) is 0 Å². The van der Waals surface area contributed by atoms with Crippen molar-refractivity contribution in [1.82, 2.24) is 4.90 Å². The summed E-state index contributed by atoms with van der Waals surface area (Å²) in [6, 6.07) is 6.21. The number of alkyl halides is 3. The van der Waals surface area contributed by atoms with Crippen molar-refractivity contribution in [2.75, 3.05) is 31.1 Å². The topological polar surface area (TPSA) is 23.6 Å². The highest BCUT2D eigenvalue weighted by molar-refractivity contribution is 8.45. The number of carbonyl (C=O) groups is 1. The third kappa shape index (κ3) is 5.11. The van der Waals surface area contributed by atoms with Gasteiger partial charge in [-0.3, -0.25) is 4.79 Å². The van der Waals surface area contributed by atoms with Gasteiger partial charge in [0.05, 0.1) is 5.56 Å². The van der Waals surface area contributed by atoms with E-state index in [-0.39, 0.29) is 11.8 Å². The molecule has 2 aliphatic rings. The van der Waals surface area contributed by atoms with Crippen molar-refractivity contribution in [2.45, 2.75) is 30.3 Å². The summed E-state index contributed by atoms with van der Waals surface area (Å²) in [6.07, 6.45) is -4.06. The largest absolute Gasteiger partial charge is 0.416 e. The normalized spacial score (nSPS) is 23.3. The van der Waals surface area contributed by atoms with E-state index in [0.717, 1.165) is 24.3 Å². The molecule has 0 radical (unpaired) electrons. The average Bonchev–Trinajstić information content (AvgIpc) is 3.52. The van der Waals surface area contributed by atoms with Gasteiger partial charge >= 0.3 is 16.4 Å². The molecule has 2 atom stereocenters. The zero-order valence-corrected chi connectivity index (χ0v) is 18.8. The lowest BCUT2D eigenvalue weighted by molar-refractivity contribution is -0.137. The number of halogens is 8. The average molecular weight is 514 g/mol. The molecule has 12 heteroatoms. The molecule has 2 unspecified atom stereocenters. The maximum atomic E-state index is 13.1. The summed E-state index contributed by atoms with van der Waals surface area (Å²) in [6.45, 7) is 2.97. The number of benzene rings is 2. The fourth-order valence-corrected chi connectivity index (χ4v) is 4.99.